The van der Waals surface area contributed by atoms with Crippen LogP contribution in [0.1, 0.15) is 43.5 Å². The van der Waals surface area contributed by atoms with Gasteiger partial charge in [-0.3, -0.25) is 4.79 Å². The highest BCUT2D eigenvalue weighted by Gasteiger charge is 2.30. The summed E-state index contributed by atoms with van der Waals surface area (Å²) in [4.78, 5) is 14.1. The van der Waals surface area contributed by atoms with E-state index in [4.69, 9.17) is 0 Å². The van der Waals surface area contributed by atoms with Crippen LogP contribution >= 0.6 is 0 Å². The van der Waals surface area contributed by atoms with Gasteiger partial charge in [-0.25, -0.2) is 4.39 Å². The zero-order valence-corrected chi connectivity index (χ0v) is 10.7. The monoisotopic (exact) mass is 251 g/mol. The van der Waals surface area contributed by atoms with Crippen LogP contribution in [0, 0.1) is 5.82 Å². The Morgan fingerprint density at radius 3 is 2.56 bits per heavy atom. The molecule has 1 aliphatic heterocycles. The molecule has 1 aromatic carbocycles. The van der Waals surface area contributed by atoms with Crippen molar-refractivity contribution in [2.24, 2.45) is 0 Å². The molecule has 1 N–H and O–H groups in total. The molecule has 2 atom stereocenters. The number of carbonyl (C=O) groups is 1. The Bertz CT molecular complexity index is 451. The summed E-state index contributed by atoms with van der Waals surface area (Å²) in [5.74, 6) is -0.952. The van der Waals surface area contributed by atoms with Crippen LogP contribution in [-0.4, -0.2) is 28.0 Å². The number of piperidine rings is 1. The van der Waals surface area contributed by atoms with Crippen molar-refractivity contribution in [3.63, 3.8) is 0 Å². The molecule has 98 valence electrons. The number of hydrogen-bond donors (Lipinski definition) is 1. The molecule has 1 heterocycles. The van der Waals surface area contributed by atoms with E-state index in [0.29, 0.717) is 0 Å². The number of benzene rings is 1. The maximum Gasteiger partial charge on any atom is 0.258 e. The molecule has 1 aliphatic rings. The lowest BCUT2D eigenvalue weighted by atomic mass is 9.96. The number of halogens is 1. The zero-order valence-electron chi connectivity index (χ0n) is 10.7. The highest BCUT2D eigenvalue weighted by molar-refractivity contribution is 5.97. The molecule has 0 radical (unpaired) electrons. The Labute approximate surface area is 106 Å². The van der Waals surface area contributed by atoms with E-state index >= 15 is 0 Å². The largest absolute Gasteiger partial charge is 0.507 e. The van der Waals surface area contributed by atoms with Crippen LogP contribution in [-0.2, 0) is 0 Å². The van der Waals surface area contributed by atoms with E-state index in [-0.39, 0.29) is 29.3 Å². The number of likely N-dealkylation sites (tertiary alicyclic amines) is 1. The quantitative estimate of drug-likeness (QED) is 0.833. The molecule has 1 amide bonds. The Kier molecular flexibility index (Phi) is 3.55. The van der Waals surface area contributed by atoms with Gasteiger partial charge in [-0.2, -0.15) is 0 Å². The van der Waals surface area contributed by atoms with Crippen LogP contribution in [0.15, 0.2) is 18.2 Å². The fraction of sp³-hybridized carbons (Fsp3) is 0.500. The number of amides is 1. The lowest BCUT2D eigenvalue weighted by Crippen LogP contribution is -2.47. The third-order valence-corrected chi connectivity index (χ3v) is 3.62. The summed E-state index contributed by atoms with van der Waals surface area (Å²) >= 11 is 0. The predicted molar refractivity (Wildman–Crippen MR) is 67.0 cm³/mol. The maximum absolute atomic E-state index is 13.2. The van der Waals surface area contributed by atoms with Gasteiger partial charge in [0.05, 0.1) is 5.56 Å². The number of carbonyl (C=O) groups excluding carboxylic acids is 1. The normalized spacial score (nSPS) is 24.1. The predicted octanol–water partition coefficient (Wildman–Crippen LogP) is 2.93. The SMILES string of the molecule is C[C@@H]1CCC[C@H](C)N1C(=O)c1cc(F)ccc1O. The van der Waals surface area contributed by atoms with E-state index in [0.717, 1.165) is 31.4 Å². The summed E-state index contributed by atoms with van der Waals surface area (Å²) in [5.41, 5.74) is 0.0515. The third kappa shape index (κ3) is 2.33. The van der Waals surface area contributed by atoms with Crippen molar-refractivity contribution in [3.8, 4) is 5.75 Å². The van der Waals surface area contributed by atoms with E-state index in [2.05, 4.69) is 0 Å². The van der Waals surface area contributed by atoms with E-state index in [1.807, 2.05) is 13.8 Å². The molecular weight excluding hydrogens is 233 g/mol. The number of hydrogen-bond acceptors (Lipinski definition) is 2. The number of nitrogens with zero attached hydrogens (tertiary/aromatic N) is 1. The molecule has 2 rings (SSSR count). The van der Waals surface area contributed by atoms with Crippen LogP contribution in [0.25, 0.3) is 0 Å². The van der Waals surface area contributed by atoms with Crippen LogP contribution in [0.2, 0.25) is 0 Å². The summed E-state index contributed by atoms with van der Waals surface area (Å²) in [6.07, 6.45) is 3.00. The average Bonchev–Trinajstić information content (AvgIpc) is 2.32. The van der Waals surface area contributed by atoms with Crippen LogP contribution in [0.5, 0.6) is 5.75 Å². The van der Waals surface area contributed by atoms with Crippen molar-refractivity contribution in [2.75, 3.05) is 0 Å². The minimum Gasteiger partial charge on any atom is -0.507 e. The van der Waals surface area contributed by atoms with Crippen molar-refractivity contribution in [3.05, 3.63) is 29.6 Å². The summed E-state index contributed by atoms with van der Waals surface area (Å²) in [6, 6.07) is 3.73. The Morgan fingerprint density at radius 2 is 1.94 bits per heavy atom. The molecule has 0 saturated carbocycles. The number of phenolic OH excluding ortho intramolecular Hbond substituents is 1. The molecule has 1 fully saturated rings. The van der Waals surface area contributed by atoms with E-state index in [9.17, 15) is 14.3 Å². The van der Waals surface area contributed by atoms with Crippen molar-refractivity contribution in [1.29, 1.82) is 0 Å². The molecule has 18 heavy (non-hydrogen) atoms. The van der Waals surface area contributed by atoms with Crippen LogP contribution in [0.4, 0.5) is 4.39 Å². The first-order valence-corrected chi connectivity index (χ1v) is 6.32. The number of aromatic hydroxyl groups is 1. The maximum atomic E-state index is 13.2. The summed E-state index contributed by atoms with van der Waals surface area (Å²) < 4.78 is 13.2. The first kappa shape index (κ1) is 12.9. The second kappa shape index (κ2) is 4.96. The molecule has 0 unspecified atom stereocenters. The van der Waals surface area contributed by atoms with Gasteiger partial charge in [-0.05, 0) is 51.3 Å². The van der Waals surface area contributed by atoms with Crippen molar-refractivity contribution >= 4 is 5.91 Å². The minimum atomic E-state index is -0.506. The topological polar surface area (TPSA) is 40.5 Å². The Morgan fingerprint density at radius 1 is 1.33 bits per heavy atom. The van der Waals surface area contributed by atoms with Crippen molar-refractivity contribution < 1.29 is 14.3 Å². The molecule has 0 aromatic heterocycles. The second-order valence-electron chi connectivity index (χ2n) is 5.00. The smallest absolute Gasteiger partial charge is 0.258 e. The van der Waals surface area contributed by atoms with E-state index in [1.54, 1.807) is 4.90 Å². The van der Waals surface area contributed by atoms with Crippen LogP contribution in [0.3, 0.4) is 0 Å². The number of phenols is 1. The van der Waals surface area contributed by atoms with Crippen molar-refractivity contribution in [1.82, 2.24) is 4.90 Å². The summed E-state index contributed by atoms with van der Waals surface area (Å²) in [6.45, 7) is 3.98. The molecule has 4 heteroatoms. The first-order chi connectivity index (χ1) is 8.50. The van der Waals surface area contributed by atoms with Crippen LogP contribution < -0.4 is 0 Å². The minimum absolute atomic E-state index is 0.0515. The van der Waals surface area contributed by atoms with Gasteiger partial charge in [0, 0.05) is 12.1 Å². The van der Waals surface area contributed by atoms with Gasteiger partial charge >= 0.3 is 0 Å². The van der Waals surface area contributed by atoms with E-state index in [1.165, 1.54) is 6.07 Å². The lowest BCUT2D eigenvalue weighted by Gasteiger charge is -2.39. The van der Waals surface area contributed by atoms with Gasteiger partial charge in [0.15, 0.2) is 0 Å². The second-order valence-corrected chi connectivity index (χ2v) is 5.00. The van der Waals surface area contributed by atoms with Gasteiger partial charge in [0.1, 0.15) is 11.6 Å². The number of rotatable bonds is 1. The first-order valence-electron chi connectivity index (χ1n) is 6.32. The highest BCUT2D eigenvalue weighted by Crippen LogP contribution is 2.27. The van der Waals surface area contributed by atoms with Gasteiger partial charge < -0.3 is 10.0 Å². The summed E-state index contributed by atoms with van der Waals surface area (Å²) in [7, 11) is 0. The standard InChI is InChI=1S/C14H18FNO2/c1-9-4-3-5-10(2)16(9)14(18)12-8-11(15)6-7-13(12)17/h6-10,17H,3-5H2,1-2H3/t9-,10+. The fourth-order valence-electron chi connectivity index (χ4n) is 2.64. The van der Waals surface area contributed by atoms with Gasteiger partial charge in [0.2, 0.25) is 0 Å². The Balaban J connectivity index is 2.32. The highest BCUT2D eigenvalue weighted by atomic mass is 19.1. The van der Waals surface area contributed by atoms with Gasteiger partial charge in [-0.1, -0.05) is 0 Å². The van der Waals surface area contributed by atoms with E-state index < -0.39 is 5.82 Å². The molecule has 0 spiro atoms. The average molecular weight is 251 g/mol. The van der Waals surface area contributed by atoms with Gasteiger partial charge in [-0.15, -0.1) is 0 Å². The fourth-order valence-corrected chi connectivity index (χ4v) is 2.64. The molecule has 1 saturated heterocycles. The molecule has 0 bridgehead atoms. The zero-order chi connectivity index (χ0) is 13.3. The lowest BCUT2D eigenvalue weighted by molar-refractivity contribution is 0.0507. The molecule has 3 nitrogen and oxygen atoms in total. The van der Waals surface area contributed by atoms with Crippen molar-refractivity contribution in [2.45, 2.75) is 45.2 Å². The molecular formula is C14H18FNO2. The molecule has 1 aromatic rings. The third-order valence-electron chi connectivity index (χ3n) is 3.62. The summed E-state index contributed by atoms with van der Waals surface area (Å²) in [5, 5.41) is 9.69. The molecule has 0 aliphatic carbocycles. The van der Waals surface area contributed by atoms with Gasteiger partial charge in [0.25, 0.3) is 5.91 Å². The Hall–Kier alpha value is -1.58.